The van der Waals surface area contributed by atoms with E-state index in [9.17, 15) is 4.79 Å². The molecule has 1 aromatic carbocycles. The lowest BCUT2D eigenvalue weighted by Crippen LogP contribution is -2.00. The van der Waals surface area contributed by atoms with Crippen molar-refractivity contribution >= 4 is 17.6 Å². The summed E-state index contributed by atoms with van der Waals surface area (Å²) in [4.78, 5) is 15.0. The van der Waals surface area contributed by atoms with Gasteiger partial charge in [0.2, 0.25) is 0 Å². The van der Waals surface area contributed by atoms with Crippen LogP contribution in [0.1, 0.15) is 10.4 Å². The molecule has 19 heavy (non-hydrogen) atoms. The summed E-state index contributed by atoms with van der Waals surface area (Å²) in [6.07, 6.45) is 2.92. The van der Waals surface area contributed by atoms with E-state index in [1.54, 1.807) is 12.1 Å². The van der Waals surface area contributed by atoms with Gasteiger partial charge in [0.1, 0.15) is 27.8 Å². The lowest BCUT2D eigenvalue weighted by molar-refractivity contribution is 0.0694. The standard InChI is InChI=1S/C13H10ClNO4/c1-18-8-2-3-9(13(16)17)12(6-8)19-11-4-5-15-7-10(11)14/h2-7H,1H3,(H,16,17). The summed E-state index contributed by atoms with van der Waals surface area (Å²) in [7, 11) is 1.49. The van der Waals surface area contributed by atoms with E-state index in [4.69, 9.17) is 26.2 Å². The molecule has 0 bridgehead atoms. The third-order valence-electron chi connectivity index (χ3n) is 2.37. The molecule has 0 aliphatic rings. The van der Waals surface area contributed by atoms with Crippen molar-refractivity contribution in [3.8, 4) is 17.2 Å². The number of benzene rings is 1. The Morgan fingerprint density at radius 3 is 2.74 bits per heavy atom. The maximum Gasteiger partial charge on any atom is 0.339 e. The van der Waals surface area contributed by atoms with Crippen LogP contribution in [-0.2, 0) is 0 Å². The average molecular weight is 280 g/mol. The van der Waals surface area contributed by atoms with Crippen LogP contribution in [0.2, 0.25) is 5.02 Å². The van der Waals surface area contributed by atoms with E-state index in [0.717, 1.165) is 0 Å². The van der Waals surface area contributed by atoms with Crippen molar-refractivity contribution in [2.45, 2.75) is 0 Å². The topological polar surface area (TPSA) is 68.7 Å². The first-order valence-corrected chi connectivity index (χ1v) is 5.68. The molecule has 2 aromatic rings. The molecular weight excluding hydrogens is 270 g/mol. The molecular formula is C13H10ClNO4. The van der Waals surface area contributed by atoms with Crippen molar-refractivity contribution in [1.29, 1.82) is 0 Å². The molecule has 98 valence electrons. The van der Waals surface area contributed by atoms with E-state index in [1.807, 2.05) is 0 Å². The summed E-state index contributed by atoms with van der Waals surface area (Å²) in [6, 6.07) is 5.99. The van der Waals surface area contributed by atoms with Gasteiger partial charge in [-0.05, 0) is 12.1 Å². The van der Waals surface area contributed by atoms with Crippen molar-refractivity contribution < 1.29 is 19.4 Å². The second-order valence-electron chi connectivity index (χ2n) is 3.58. The van der Waals surface area contributed by atoms with E-state index in [-0.39, 0.29) is 11.3 Å². The highest BCUT2D eigenvalue weighted by Gasteiger charge is 2.14. The third-order valence-corrected chi connectivity index (χ3v) is 2.66. The summed E-state index contributed by atoms with van der Waals surface area (Å²) < 4.78 is 10.6. The number of carbonyl (C=O) groups is 1. The molecule has 0 saturated carbocycles. The second kappa shape index (κ2) is 5.58. The molecule has 0 spiro atoms. The van der Waals surface area contributed by atoms with Gasteiger partial charge in [-0.2, -0.15) is 0 Å². The van der Waals surface area contributed by atoms with Crippen LogP contribution in [0.15, 0.2) is 36.7 Å². The van der Waals surface area contributed by atoms with Gasteiger partial charge in [-0.15, -0.1) is 0 Å². The van der Waals surface area contributed by atoms with Gasteiger partial charge in [-0.1, -0.05) is 11.6 Å². The minimum absolute atomic E-state index is 0.0219. The van der Waals surface area contributed by atoms with Crippen molar-refractivity contribution in [2.24, 2.45) is 0 Å². The second-order valence-corrected chi connectivity index (χ2v) is 3.98. The molecule has 2 rings (SSSR count). The molecule has 0 atom stereocenters. The molecule has 1 heterocycles. The average Bonchev–Trinajstić information content (AvgIpc) is 2.41. The number of pyridine rings is 1. The van der Waals surface area contributed by atoms with Gasteiger partial charge in [-0.3, -0.25) is 4.98 Å². The molecule has 0 fully saturated rings. The van der Waals surface area contributed by atoms with Gasteiger partial charge in [0.05, 0.1) is 7.11 Å². The van der Waals surface area contributed by atoms with Crippen LogP contribution in [0.3, 0.4) is 0 Å². The Balaban J connectivity index is 2.43. The maximum absolute atomic E-state index is 11.1. The number of carboxylic acid groups (broad SMARTS) is 1. The zero-order valence-electron chi connectivity index (χ0n) is 9.96. The van der Waals surface area contributed by atoms with E-state index in [1.165, 1.54) is 31.6 Å². The number of aromatic nitrogens is 1. The predicted molar refractivity (Wildman–Crippen MR) is 69.3 cm³/mol. The summed E-state index contributed by atoms with van der Waals surface area (Å²) >= 11 is 5.91. The molecule has 0 amide bonds. The quantitative estimate of drug-likeness (QED) is 0.930. The Morgan fingerprint density at radius 2 is 2.11 bits per heavy atom. The van der Waals surface area contributed by atoms with Crippen LogP contribution in [0.25, 0.3) is 0 Å². The van der Waals surface area contributed by atoms with E-state index in [2.05, 4.69) is 4.98 Å². The van der Waals surface area contributed by atoms with Crippen molar-refractivity contribution in [3.05, 3.63) is 47.2 Å². The number of ether oxygens (including phenoxy) is 2. The van der Waals surface area contributed by atoms with Gasteiger partial charge in [0.15, 0.2) is 0 Å². The van der Waals surface area contributed by atoms with Gasteiger partial charge < -0.3 is 14.6 Å². The zero-order chi connectivity index (χ0) is 13.8. The Bertz CT molecular complexity index is 615. The minimum Gasteiger partial charge on any atom is -0.497 e. The normalized spacial score (nSPS) is 10.0. The number of hydrogen-bond acceptors (Lipinski definition) is 4. The predicted octanol–water partition coefficient (Wildman–Crippen LogP) is 3.23. The van der Waals surface area contributed by atoms with Crippen LogP contribution < -0.4 is 9.47 Å². The van der Waals surface area contributed by atoms with Crippen LogP contribution >= 0.6 is 11.6 Å². The molecule has 1 aromatic heterocycles. The number of rotatable bonds is 4. The fourth-order valence-electron chi connectivity index (χ4n) is 1.45. The fraction of sp³-hybridized carbons (Fsp3) is 0.0769. The van der Waals surface area contributed by atoms with Crippen molar-refractivity contribution in [3.63, 3.8) is 0 Å². The molecule has 0 saturated heterocycles. The highest BCUT2D eigenvalue weighted by Crippen LogP contribution is 2.32. The highest BCUT2D eigenvalue weighted by molar-refractivity contribution is 6.31. The van der Waals surface area contributed by atoms with Crippen LogP contribution in [0, 0.1) is 0 Å². The molecule has 6 heteroatoms. The first-order valence-electron chi connectivity index (χ1n) is 5.30. The Morgan fingerprint density at radius 1 is 1.32 bits per heavy atom. The molecule has 5 nitrogen and oxygen atoms in total. The molecule has 0 unspecified atom stereocenters. The maximum atomic E-state index is 11.1. The van der Waals surface area contributed by atoms with Crippen LogP contribution in [-0.4, -0.2) is 23.2 Å². The summed E-state index contributed by atoms with van der Waals surface area (Å²) in [6.45, 7) is 0. The fourth-order valence-corrected chi connectivity index (χ4v) is 1.61. The zero-order valence-corrected chi connectivity index (χ0v) is 10.7. The van der Waals surface area contributed by atoms with Gasteiger partial charge in [0.25, 0.3) is 0 Å². The lowest BCUT2D eigenvalue weighted by atomic mass is 10.2. The molecule has 0 aliphatic heterocycles. The molecule has 0 aliphatic carbocycles. The first-order chi connectivity index (χ1) is 9.11. The summed E-state index contributed by atoms with van der Waals surface area (Å²) in [5, 5.41) is 9.40. The first kappa shape index (κ1) is 13.2. The number of carboxylic acids is 1. The number of nitrogens with zero attached hydrogens (tertiary/aromatic N) is 1. The van der Waals surface area contributed by atoms with E-state index >= 15 is 0 Å². The van der Waals surface area contributed by atoms with E-state index < -0.39 is 5.97 Å². The monoisotopic (exact) mass is 279 g/mol. The van der Waals surface area contributed by atoms with Crippen molar-refractivity contribution in [2.75, 3.05) is 7.11 Å². The number of methoxy groups -OCH3 is 1. The SMILES string of the molecule is COc1ccc(C(=O)O)c(Oc2ccncc2Cl)c1. The summed E-state index contributed by atoms with van der Waals surface area (Å²) in [5.41, 5.74) is 0.0219. The van der Waals surface area contributed by atoms with Gasteiger partial charge in [0, 0.05) is 24.5 Å². The number of hydrogen-bond donors (Lipinski definition) is 1. The smallest absolute Gasteiger partial charge is 0.339 e. The van der Waals surface area contributed by atoms with E-state index in [0.29, 0.717) is 16.5 Å². The van der Waals surface area contributed by atoms with Gasteiger partial charge in [-0.25, -0.2) is 4.79 Å². The Labute approximate surface area is 114 Å². The van der Waals surface area contributed by atoms with Gasteiger partial charge >= 0.3 is 5.97 Å². The Kier molecular flexibility index (Phi) is 3.87. The summed E-state index contributed by atoms with van der Waals surface area (Å²) in [5.74, 6) is -0.125. The molecule has 0 radical (unpaired) electrons. The van der Waals surface area contributed by atoms with Crippen LogP contribution in [0.4, 0.5) is 0 Å². The largest absolute Gasteiger partial charge is 0.497 e. The van der Waals surface area contributed by atoms with Crippen molar-refractivity contribution in [1.82, 2.24) is 4.98 Å². The molecule has 1 N–H and O–H groups in total. The number of halogens is 1. The Hall–Kier alpha value is -2.27. The minimum atomic E-state index is -1.09. The lowest BCUT2D eigenvalue weighted by Gasteiger charge is -2.11. The number of aromatic carboxylic acids is 1. The van der Waals surface area contributed by atoms with Crippen LogP contribution in [0.5, 0.6) is 17.2 Å². The third kappa shape index (κ3) is 2.95. The highest BCUT2D eigenvalue weighted by atomic mass is 35.5.